The van der Waals surface area contributed by atoms with Crippen LogP contribution in [0.5, 0.6) is 0 Å². The summed E-state index contributed by atoms with van der Waals surface area (Å²) in [5, 5.41) is 0. The molecule has 170 valence electrons. The number of nitrogens with zero attached hydrogens (tertiary/aromatic N) is 2. The fourth-order valence-corrected chi connectivity index (χ4v) is 4.31. The molecule has 0 atom stereocenters. The molecule has 0 aromatic heterocycles. The van der Waals surface area contributed by atoms with Gasteiger partial charge in [0, 0.05) is 24.3 Å². The fourth-order valence-electron chi connectivity index (χ4n) is 3.35. The Bertz CT molecular complexity index is 574. The molecule has 0 saturated heterocycles. The first kappa shape index (κ1) is 27.7. The molecule has 10 heteroatoms. The zero-order valence-electron chi connectivity index (χ0n) is 18.1. The molecule has 0 aliphatic carbocycles. The normalized spacial score (nSPS) is 13.8. The van der Waals surface area contributed by atoms with Crippen molar-refractivity contribution >= 4 is 20.2 Å². The largest absolute Gasteiger partial charge is 0.748 e. The highest BCUT2D eigenvalue weighted by molar-refractivity contribution is 7.85. The minimum absolute atomic E-state index is 0.282. The summed E-state index contributed by atoms with van der Waals surface area (Å²) in [4.78, 5) is 0. The molecule has 0 N–H and O–H groups in total. The second-order valence-corrected chi connectivity index (χ2v) is 12.2. The summed E-state index contributed by atoms with van der Waals surface area (Å²) in [5.41, 5.74) is 0. The van der Waals surface area contributed by atoms with Crippen molar-refractivity contribution in [2.75, 3.05) is 65.9 Å². The maximum atomic E-state index is 10.7. The van der Waals surface area contributed by atoms with Crippen molar-refractivity contribution in [3.05, 3.63) is 0 Å². The summed E-state index contributed by atoms with van der Waals surface area (Å²) in [6.45, 7) is 3.35. The van der Waals surface area contributed by atoms with Crippen LogP contribution < -0.4 is 0 Å². The molecule has 8 nitrogen and oxygen atoms in total. The Morgan fingerprint density at radius 2 is 0.750 bits per heavy atom. The molecule has 0 saturated carbocycles. The van der Waals surface area contributed by atoms with Crippen LogP contribution in [0.4, 0.5) is 0 Å². The van der Waals surface area contributed by atoms with E-state index in [1.807, 2.05) is 0 Å². The summed E-state index contributed by atoms with van der Waals surface area (Å²) in [6.07, 6.45) is 7.60. The third kappa shape index (κ3) is 19.1. The predicted molar refractivity (Wildman–Crippen MR) is 110 cm³/mol. The van der Waals surface area contributed by atoms with Crippen LogP contribution in [0.15, 0.2) is 0 Å². The van der Waals surface area contributed by atoms with Gasteiger partial charge in [-0.25, -0.2) is 16.8 Å². The van der Waals surface area contributed by atoms with Crippen LogP contribution in [0.3, 0.4) is 0 Å². The van der Waals surface area contributed by atoms with E-state index in [0.29, 0.717) is 25.9 Å². The van der Waals surface area contributed by atoms with Crippen LogP contribution in [0, 0.1) is 0 Å². The van der Waals surface area contributed by atoms with Crippen LogP contribution in [0.2, 0.25) is 0 Å². The van der Waals surface area contributed by atoms with E-state index >= 15 is 0 Å². The van der Waals surface area contributed by atoms with E-state index in [2.05, 4.69) is 28.2 Å². The number of unbranched alkanes of at least 4 members (excludes halogenated alkanes) is 5. The van der Waals surface area contributed by atoms with Gasteiger partial charge in [0.15, 0.2) is 0 Å². The van der Waals surface area contributed by atoms with E-state index in [1.165, 1.54) is 0 Å². The van der Waals surface area contributed by atoms with E-state index in [0.717, 1.165) is 60.6 Å². The highest BCUT2D eigenvalue weighted by atomic mass is 32.2. The monoisotopic (exact) mass is 444 g/mol. The van der Waals surface area contributed by atoms with Gasteiger partial charge in [-0.15, -0.1) is 0 Å². The zero-order valence-corrected chi connectivity index (χ0v) is 19.7. The Morgan fingerprint density at radius 3 is 1.04 bits per heavy atom. The van der Waals surface area contributed by atoms with Gasteiger partial charge in [-0.3, -0.25) is 0 Å². The Kier molecular flexibility index (Phi) is 12.3. The van der Waals surface area contributed by atoms with Crippen LogP contribution in [0.25, 0.3) is 0 Å². The van der Waals surface area contributed by atoms with Gasteiger partial charge in [0.1, 0.15) is 0 Å². The topological polar surface area (TPSA) is 114 Å². The van der Waals surface area contributed by atoms with Crippen LogP contribution >= 0.6 is 0 Å². The van der Waals surface area contributed by atoms with Crippen LogP contribution in [-0.2, 0) is 20.2 Å². The first-order valence-electron chi connectivity index (χ1n) is 10.1. The molecular weight excluding hydrogens is 404 g/mol. The smallest absolute Gasteiger partial charge is 0.0948 e. The van der Waals surface area contributed by atoms with E-state index in [4.69, 9.17) is 0 Å². The molecule has 0 aliphatic heterocycles. The average Bonchev–Trinajstić information content (AvgIpc) is 2.46. The van der Waals surface area contributed by atoms with E-state index < -0.39 is 20.2 Å². The fraction of sp³-hybridized carbons (Fsp3) is 1.00. The van der Waals surface area contributed by atoms with E-state index in [-0.39, 0.29) is 11.5 Å². The van der Waals surface area contributed by atoms with Gasteiger partial charge in [0.05, 0.1) is 74.6 Å². The number of quaternary nitrogens is 2. The number of hydrogen-bond donors (Lipinski definition) is 0. The van der Waals surface area contributed by atoms with Gasteiger partial charge < -0.3 is 18.1 Å². The lowest BCUT2D eigenvalue weighted by molar-refractivity contribution is -0.890. The standard InChI is InChI=1S/C18H40N2O6S2/c1-19(2,15-11-17-27(21,22)23)13-9-7-5-6-8-10-14-20(3,4)16-12-18-28(24,25)26/h5-18H2,1-4H3. The lowest BCUT2D eigenvalue weighted by atomic mass is 10.1. The van der Waals surface area contributed by atoms with Gasteiger partial charge in [-0.1, -0.05) is 12.8 Å². The lowest BCUT2D eigenvalue weighted by Gasteiger charge is -2.30. The van der Waals surface area contributed by atoms with Crippen LogP contribution in [0.1, 0.15) is 51.4 Å². The SMILES string of the molecule is C[N+](C)(CCCCCCCC[N+](C)(C)CCCS(=O)(=O)[O-])CCCS(=O)(=O)[O-]. The van der Waals surface area contributed by atoms with Gasteiger partial charge in [-0.2, -0.15) is 0 Å². The number of rotatable bonds is 17. The third-order valence-corrected chi connectivity index (χ3v) is 6.67. The second-order valence-electron chi connectivity index (χ2n) is 9.12. The molecule has 0 aliphatic rings. The molecule has 0 aromatic rings. The molecule has 28 heavy (non-hydrogen) atoms. The average molecular weight is 445 g/mol. The minimum atomic E-state index is -4.11. The third-order valence-electron chi connectivity index (χ3n) is 5.09. The molecule has 0 unspecified atom stereocenters. The molecule has 0 rings (SSSR count). The highest BCUT2D eigenvalue weighted by Crippen LogP contribution is 2.11. The summed E-state index contributed by atoms with van der Waals surface area (Å²) in [5.74, 6) is -0.563. The van der Waals surface area contributed by atoms with Crippen molar-refractivity contribution in [2.24, 2.45) is 0 Å². The highest BCUT2D eigenvalue weighted by Gasteiger charge is 2.16. The van der Waals surface area contributed by atoms with Crippen molar-refractivity contribution in [1.82, 2.24) is 0 Å². The molecule has 0 amide bonds. The van der Waals surface area contributed by atoms with Gasteiger partial charge in [0.2, 0.25) is 0 Å². The maximum absolute atomic E-state index is 10.7. The van der Waals surface area contributed by atoms with Crippen molar-refractivity contribution in [2.45, 2.75) is 51.4 Å². The molecule has 0 fully saturated rings. The molecule has 0 bridgehead atoms. The molecule has 0 aromatic carbocycles. The van der Waals surface area contributed by atoms with Crippen molar-refractivity contribution in [3.8, 4) is 0 Å². The Labute approximate surface area is 172 Å². The van der Waals surface area contributed by atoms with Gasteiger partial charge in [0.25, 0.3) is 0 Å². The van der Waals surface area contributed by atoms with Crippen LogP contribution in [-0.4, -0.2) is 101 Å². The summed E-state index contributed by atoms with van der Waals surface area (Å²) in [6, 6.07) is 0. The van der Waals surface area contributed by atoms with E-state index in [1.54, 1.807) is 0 Å². The lowest BCUT2D eigenvalue weighted by Crippen LogP contribution is -2.42. The van der Waals surface area contributed by atoms with Gasteiger partial charge >= 0.3 is 0 Å². The molecule has 0 heterocycles. The second kappa shape index (κ2) is 12.4. The Balaban J connectivity index is 3.72. The Morgan fingerprint density at radius 1 is 0.500 bits per heavy atom. The summed E-state index contributed by atoms with van der Waals surface area (Å²) >= 11 is 0. The first-order chi connectivity index (χ1) is 12.6. The molecular formula is C18H40N2O6S2. The minimum Gasteiger partial charge on any atom is -0.748 e. The van der Waals surface area contributed by atoms with E-state index in [9.17, 15) is 25.9 Å². The first-order valence-corrected chi connectivity index (χ1v) is 13.3. The van der Waals surface area contributed by atoms with Crippen molar-refractivity contribution < 1.29 is 34.9 Å². The Hall–Kier alpha value is -0.260. The zero-order chi connectivity index (χ0) is 21.9. The van der Waals surface area contributed by atoms with Crippen molar-refractivity contribution in [1.29, 1.82) is 0 Å². The molecule has 0 spiro atoms. The maximum Gasteiger partial charge on any atom is 0.0948 e. The number of hydrogen-bond acceptors (Lipinski definition) is 6. The van der Waals surface area contributed by atoms with Crippen molar-refractivity contribution in [3.63, 3.8) is 0 Å². The molecule has 0 radical (unpaired) electrons. The quantitative estimate of drug-likeness (QED) is 0.190. The predicted octanol–water partition coefficient (Wildman–Crippen LogP) is 1.35. The summed E-state index contributed by atoms with van der Waals surface area (Å²) < 4.78 is 65.4. The summed E-state index contributed by atoms with van der Waals surface area (Å²) in [7, 11) is 0.0418. The van der Waals surface area contributed by atoms with Gasteiger partial charge in [-0.05, 0) is 25.7 Å².